The number of hydrogen-bond acceptors (Lipinski definition) is 3. The second-order valence-corrected chi connectivity index (χ2v) is 7.97. The average Bonchev–Trinajstić information content (AvgIpc) is 2.71. The van der Waals surface area contributed by atoms with Crippen LogP contribution in [-0.2, 0) is 7.05 Å². The van der Waals surface area contributed by atoms with Crippen molar-refractivity contribution in [1.29, 1.82) is 0 Å². The van der Waals surface area contributed by atoms with Gasteiger partial charge in [-0.15, -0.1) is 0 Å². The smallest absolute Gasteiger partial charge is 0.229 e. The molecule has 0 aliphatic rings. The fourth-order valence-corrected chi connectivity index (χ4v) is 2.95. The molecule has 0 spiro atoms. The monoisotopic (exact) mass is 301 g/mol. The maximum Gasteiger partial charge on any atom is 0.229 e. The third-order valence-corrected chi connectivity index (χ3v) is 3.89. The van der Waals surface area contributed by atoms with Crippen molar-refractivity contribution in [2.45, 2.75) is 33.9 Å². The first kappa shape index (κ1) is 15.5. The summed E-state index contributed by atoms with van der Waals surface area (Å²) in [6.45, 7) is 10.4. The van der Waals surface area contributed by atoms with Gasteiger partial charge < -0.3 is 4.43 Å². The van der Waals surface area contributed by atoms with Crippen molar-refractivity contribution < 1.29 is 4.43 Å². The Bertz CT molecular complexity index is 674. The van der Waals surface area contributed by atoms with Crippen LogP contribution in [0, 0.1) is 13.8 Å². The van der Waals surface area contributed by atoms with Gasteiger partial charge in [0.05, 0.1) is 5.69 Å². The van der Waals surface area contributed by atoms with Gasteiger partial charge in [-0.2, -0.15) is 5.10 Å². The van der Waals surface area contributed by atoms with Crippen molar-refractivity contribution in [3.63, 3.8) is 0 Å². The Morgan fingerprint density at radius 2 is 2.00 bits per heavy atom. The number of nitrogens with zero attached hydrogens (tertiary/aromatic N) is 3. The third kappa shape index (κ3) is 3.82. The zero-order valence-electron chi connectivity index (χ0n) is 13.6. The van der Waals surface area contributed by atoms with Gasteiger partial charge in [-0.3, -0.25) is 4.68 Å². The van der Waals surface area contributed by atoms with Crippen LogP contribution in [0.4, 0.5) is 5.69 Å². The molecule has 0 saturated heterocycles. The lowest BCUT2D eigenvalue weighted by Crippen LogP contribution is -2.11. The van der Waals surface area contributed by atoms with Gasteiger partial charge in [-0.05, 0) is 51.6 Å². The lowest BCUT2D eigenvalue weighted by atomic mass is 10.1. The second kappa shape index (κ2) is 6.26. The molecular weight excluding hydrogens is 278 g/mol. The fourth-order valence-electron chi connectivity index (χ4n) is 2.26. The molecule has 2 rings (SSSR count). The molecule has 0 saturated carbocycles. The van der Waals surface area contributed by atoms with E-state index in [0.717, 1.165) is 28.4 Å². The zero-order chi connectivity index (χ0) is 15.6. The molecule has 5 heteroatoms. The highest BCUT2D eigenvalue weighted by molar-refractivity contribution is 6.49. The van der Waals surface area contributed by atoms with Crippen LogP contribution in [0.2, 0.25) is 13.1 Å². The lowest BCUT2D eigenvalue weighted by Gasteiger charge is -2.13. The first-order valence-electron chi connectivity index (χ1n) is 7.20. The van der Waals surface area contributed by atoms with Crippen molar-refractivity contribution in [2.24, 2.45) is 12.0 Å². The summed E-state index contributed by atoms with van der Waals surface area (Å²) >= 11 is 0. The van der Waals surface area contributed by atoms with Gasteiger partial charge in [0.15, 0.2) is 0 Å². The molecular formula is C16H23N3OSi. The van der Waals surface area contributed by atoms with Gasteiger partial charge in [-0.25, -0.2) is 4.99 Å². The summed E-state index contributed by atoms with van der Waals surface area (Å²) in [5, 5.41) is 4.37. The van der Waals surface area contributed by atoms with E-state index in [9.17, 15) is 0 Å². The van der Waals surface area contributed by atoms with Crippen LogP contribution >= 0.6 is 0 Å². The average molecular weight is 301 g/mol. The van der Waals surface area contributed by atoms with Gasteiger partial charge >= 0.3 is 0 Å². The van der Waals surface area contributed by atoms with E-state index in [1.54, 1.807) is 0 Å². The van der Waals surface area contributed by atoms with Gasteiger partial charge in [0.25, 0.3) is 0 Å². The second-order valence-electron chi connectivity index (χ2n) is 5.64. The van der Waals surface area contributed by atoms with Crippen LogP contribution in [0.25, 0.3) is 0 Å². The van der Waals surface area contributed by atoms with Crippen LogP contribution < -0.4 is 4.43 Å². The van der Waals surface area contributed by atoms with E-state index in [4.69, 9.17) is 9.42 Å². The fraction of sp³-hybridized carbons (Fsp3) is 0.375. The predicted octanol–water partition coefficient (Wildman–Crippen LogP) is 3.54. The molecule has 4 nitrogen and oxygen atoms in total. The molecule has 0 N–H and O–H groups in total. The lowest BCUT2D eigenvalue weighted by molar-refractivity contribution is 0.581. The molecule has 0 amide bonds. The molecule has 1 aromatic heterocycles. The summed E-state index contributed by atoms with van der Waals surface area (Å²) in [6, 6.07) is 6.16. The maximum absolute atomic E-state index is 6.01. The number of aryl methyl sites for hydroxylation is 3. The molecule has 0 aliphatic heterocycles. The summed E-state index contributed by atoms with van der Waals surface area (Å²) in [5.74, 6) is 0.887. The first-order chi connectivity index (χ1) is 9.86. The third-order valence-electron chi connectivity index (χ3n) is 3.17. The number of aliphatic imine (C=N–C) groups is 1. The van der Waals surface area contributed by atoms with E-state index in [1.165, 1.54) is 5.56 Å². The summed E-state index contributed by atoms with van der Waals surface area (Å²) < 4.78 is 7.83. The van der Waals surface area contributed by atoms with Crippen molar-refractivity contribution in [3.8, 4) is 5.75 Å². The molecule has 2 aromatic rings. The highest BCUT2D eigenvalue weighted by atomic mass is 28.3. The molecule has 21 heavy (non-hydrogen) atoms. The number of benzene rings is 1. The van der Waals surface area contributed by atoms with Crippen LogP contribution in [0.15, 0.2) is 29.4 Å². The van der Waals surface area contributed by atoms with Crippen molar-refractivity contribution in [3.05, 3.63) is 41.2 Å². The van der Waals surface area contributed by atoms with Crippen molar-refractivity contribution >= 4 is 20.4 Å². The highest BCUT2D eigenvalue weighted by Gasteiger charge is 2.10. The molecule has 0 bridgehead atoms. The minimum absolute atomic E-state index is 0.887. The van der Waals surface area contributed by atoms with Gasteiger partial charge in [0.2, 0.25) is 9.04 Å². The van der Waals surface area contributed by atoms with E-state index in [2.05, 4.69) is 37.2 Å². The van der Waals surface area contributed by atoms with Gasteiger partial charge in [0, 0.05) is 24.5 Å². The van der Waals surface area contributed by atoms with Crippen LogP contribution in [-0.4, -0.2) is 24.5 Å². The zero-order valence-corrected chi connectivity index (χ0v) is 14.8. The molecule has 0 atom stereocenters. The van der Waals surface area contributed by atoms with E-state index < -0.39 is 9.04 Å². The largest absolute Gasteiger partial charge is 0.546 e. The minimum atomic E-state index is -1.16. The Balaban J connectivity index is 2.42. The summed E-state index contributed by atoms with van der Waals surface area (Å²) in [5.41, 5.74) is 5.11. The first-order valence-corrected chi connectivity index (χ1v) is 9.98. The van der Waals surface area contributed by atoms with Crippen LogP contribution in [0.3, 0.4) is 0 Å². The summed E-state index contributed by atoms with van der Waals surface area (Å²) in [4.78, 5) is 4.76. The molecule has 0 unspecified atom stereocenters. The topological polar surface area (TPSA) is 39.4 Å². The van der Waals surface area contributed by atoms with Gasteiger partial charge in [-0.1, -0.05) is 6.07 Å². The van der Waals surface area contributed by atoms with Gasteiger partial charge in [0.1, 0.15) is 11.4 Å². The number of rotatable bonds is 4. The summed E-state index contributed by atoms with van der Waals surface area (Å²) in [7, 11) is 0.769. The Hall–Kier alpha value is -1.88. The quantitative estimate of drug-likeness (QED) is 0.640. The molecule has 0 fully saturated rings. The Morgan fingerprint density at radius 1 is 1.29 bits per heavy atom. The Kier molecular flexibility index (Phi) is 4.62. The Morgan fingerprint density at radius 3 is 2.57 bits per heavy atom. The molecule has 1 heterocycles. The van der Waals surface area contributed by atoms with E-state index in [0.29, 0.717) is 0 Å². The minimum Gasteiger partial charge on any atom is -0.546 e. The van der Waals surface area contributed by atoms with E-state index in [1.807, 2.05) is 37.8 Å². The van der Waals surface area contributed by atoms with Crippen LogP contribution in [0.5, 0.6) is 5.75 Å². The normalized spacial score (nSPS) is 12.0. The summed E-state index contributed by atoms with van der Waals surface area (Å²) in [6.07, 6.45) is 2.00. The SMILES string of the molecule is CC(=Nc1ccc(C)cc1O[SiH](C)C)c1cn(C)nc1C. The number of aromatic nitrogens is 2. The van der Waals surface area contributed by atoms with Crippen molar-refractivity contribution in [2.75, 3.05) is 0 Å². The molecule has 1 aromatic carbocycles. The molecule has 0 radical (unpaired) electrons. The van der Waals surface area contributed by atoms with Crippen molar-refractivity contribution in [1.82, 2.24) is 9.78 Å². The number of hydrogen-bond donors (Lipinski definition) is 0. The molecule has 0 aliphatic carbocycles. The highest BCUT2D eigenvalue weighted by Crippen LogP contribution is 2.30. The molecule has 112 valence electrons. The van der Waals surface area contributed by atoms with Crippen LogP contribution in [0.1, 0.15) is 23.7 Å². The predicted molar refractivity (Wildman–Crippen MR) is 90.5 cm³/mol. The van der Waals surface area contributed by atoms with E-state index >= 15 is 0 Å². The Labute approximate surface area is 128 Å². The maximum atomic E-state index is 6.01. The van der Waals surface area contributed by atoms with E-state index in [-0.39, 0.29) is 0 Å². The standard InChI is InChI=1S/C16H23N3OSi/c1-11-7-8-15(16(9-11)20-21(5)6)17-12(2)14-10-19(4)18-13(14)3/h7-10,21H,1-6H3.